The first-order valence-electron chi connectivity index (χ1n) is 27.7. The summed E-state index contributed by atoms with van der Waals surface area (Å²) in [5.41, 5.74) is 10.5. The van der Waals surface area contributed by atoms with Crippen LogP contribution in [-0.2, 0) is 18.5 Å². The summed E-state index contributed by atoms with van der Waals surface area (Å²) in [4.78, 5) is 60.1. The van der Waals surface area contributed by atoms with E-state index < -0.39 is 124 Å². The third kappa shape index (κ3) is 19.1. The van der Waals surface area contributed by atoms with E-state index in [2.05, 4.69) is 29.9 Å². The SMILES string of the molecule is C[C@@H](NC(=O)c1cc(C(F)(F)F)ccc1-c1ccc(-c2cnc(N)cn2)c(F)c1)C(F)(F)F.C[C@@H](NC(=O)c1cc(C(F)(F)F)ccc1-c1ccc(-c2cnc(N)nc2)c(F)c1)C(F)(F)F.C[C@H](NC(=O)c1cc(C(F)(F)F)ccc1-c1ccc(-c2cnc(N)nc2)c(F)c1)C(F)(F)F. The molecule has 3 amide bonds. The number of halogens is 21. The Kier molecular flexibility index (Phi) is 22.3. The van der Waals surface area contributed by atoms with E-state index in [9.17, 15) is 107 Å². The molecule has 0 aliphatic rings. The Morgan fingerprint density at radius 3 is 0.848 bits per heavy atom. The minimum Gasteiger partial charge on any atom is -0.382 e. The average Bonchev–Trinajstić information content (AvgIpc) is 0.796. The first kappa shape index (κ1) is 75.3. The average molecular weight is 1420 g/mol. The molecular formula is C63H45F21N12O3. The van der Waals surface area contributed by atoms with Gasteiger partial charge in [0.25, 0.3) is 17.7 Å². The molecule has 0 bridgehead atoms. The molecule has 3 atom stereocenters. The Morgan fingerprint density at radius 1 is 0.333 bits per heavy atom. The summed E-state index contributed by atoms with van der Waals surface area (Å²) in [7, 11) is 0. The van der Waals surface area contributed by atoms with Gasteiger partial charge in [0.2, 0.25) is 11.9 Å². The molecule has 9 N–H and O–H groups in total. The highest BCUT2D eigenvalue weighted by Crippen LogP contribution is 2.40. The minimum atomic E-state index is -4.86. The zero-order chi connectivity index (χ0) is 73.7. The van der Waals surface area contributed by atoms with Crippen LogP contribution in [0.15, 0.2) is 146 Å². The largest absolute Gasteiger partial charge is 0.416 e. The molecule has 3 aromatic heterocycles. The van der Waals surface area contributed by atoms with Gasteiger partial charge in [-0.15, -0.1) is 0 Å². The predicted octanol–water partition coefficient (Wildman–Crippen LogP) is 15.7. The van der Waals surface area contributed by atoms with E-state index >= 15 is 0 Å². The number of carbonyl (C=O) groups excluding carboxylic acids is 3. The molecule has 99 heavy (non-hydrogen) atoms. The molecule has 6 aromatic carbocycles. The van der Waals surface area contributed by atoms with Crippen LogP contribution in [0.1, 0.15) is 68.5 Å². The molecule has 0 aliphatic heterocycles. The van der Waals surface area contributed by atoms with E-state index in [1.54, 1.807) is 16.0 Å². The van der Waals surface area contributed by atoms with Gasteiger partial charge >= 0.3 is 37.1 Å². The van der Waals surface area contributed by atoms with Crippen LogP contribution < -0.4 is 33.2 Å². The lowest BCUT2D eigenvalue weighted by Gasteiger charge is -2.19. The maximum atomic E-state index is 14.8. The second-order valence-corrected chi connectivity index (χ2v) is 21.1. The van der Waals surface area contributed by atoms with Crippen molar-refractivity contribution in [2.45, 2.75) is 76.0 Å². The summed E-state index contributed by atoms with van der Waals surface area (Å²) in [6, 6.07) is 9.48. The van der Waals surface area contributed by atoms with Gasteiger partial charge in [0.15, 0.2) is 0 Å². The summed E-state index contributed by atoms with van der Waals surface area (Å²) in [6.45, 7) is 1.94. The lowest BCUT2D eigenvalue weighted by atomic mass is 9.94. The monoisotopic (exact) mass is 1420 g/mol. The number of nitrogens with two attached hydrogens (primary N) is 3. The summed E-state index contributed by atoms with van der Waals surface area (Å²) in [5.74, 6) is -6.64. The van der Waals surface area contributed by atoms with E-state index in [1.807, 2.05) is 0 Å². The molecule has 0 fully saturated rings. The van der Waals surface area contributed by atoms with Crippen molar-refractivity contribution in [1.82, 2.24) is 45.9 Å². The van der Waals surface area contributed by atoms with E-state index in [4.69, 9.17) is 17.2 Å². The summed E-state index contributed by atoms with van der Waals surface area (Å²) in [6.07, 6.45) is -21.6. The van der Waals surface area contributed by atoms with Gasteiger partial charge in [-0.25, -0.2) is 38.1 Å². The maximum absolute atomic E-state index is 14.8. The first-order chi connectivity index (χ1) is 45.8. The number of nitrogens with one attached hydrogen (secondary N) is 3. The summed E-state index contributed by atoms with van der Waals surface area (Å²) >= 11 is 0. The van der Waals surface area contributed by atoms with Crippen molar-refractivity contribution in [3.63, 3.8) is 0 Å². The van der Waals surface area contributed by atoms with Crippen molar-refractivity contribution in [1.29, 1.82) is 0 Å². The number of benzene rings is 6. The highest BCUT2D eigenvalue weighted by Gasteiger charge is 2.41. The van der Waals surface area contributed by atoms with E-state index in [-0.39, 0.29) is 84.6 Å². The third-order valence-corrected chi connectivity index (χ3v) is 14.0. The minimum absolute atomic E-state index is 0.00476. The topological polar surface area (TPSA) is 243 Å². The molecular weight excluding hydrogens is 1370 g/mol. The Bertz CT molecular complexity index is 3970. The highest BCUT2D eigenvalue weighted by molar-refractivity contribution is 6.03. The van der Waals surface area contributed by atoms with E-state index in [0.29, 0.717) is 57.2 Å². The van der Waals surface area contributed by atoms with Crippen molar-refractivity contribution in [2.24, 2.45) is 0 Å². The van der Waals surface area contributed by atoms with Gasteiger partial charge in [0.1, 0.15) is 41.4 Å². The molecule has 9 aromatic rings. The molecule has 36 heteroatoms. The number of hydrogen-bond acceptors (Lipinski definition) is 12. The Labute approximate surface area is 543 Å². The standard InChI is InChI=1S/3C21H15F7N4O/c2*1-10(20(23,24)25)32-18(33)16-7-13(21(26,27)28)3-5-14(16)11-2-4-15(17(22)6-11)12-8-30-19(29)31-9-12;1-10(20(23,24)25)32-19(33)15-7-12(21(26,27)28)3-5-13(15)11-2-4-14(16(22)6-11)17-8-31-18(29)9-30-17/h2*2-10H,1H3,(H,32,33)(H2,29,30,31);2-10H,1H3,(H2,29,31)(H,32,33)/t3*10-/m101/s1. The van der Waals surface area contributed by atoms with Crippen molar-refractivity contribution in [2.75, 3.05) is 17.2 Å². The van der Waals surface area contributed by atoms with Crippen LogP contribution in [0.4, 0.5) is 110 Å². The lowest BCUT2D eigenvalue weighted by Crippen LogP contribution is -2.43. The van der Waals surface area contributed by atoms with Crippen LogP contribution in [-0.4, -0.2) is 84.3 Å². The molecule has 9 rings (SSSR count). The predicted molar refractivity (Wildman–Crippen MR) is 316 cm³/mol. The highest BCUT2D eigenvalue weighted by atomic mass is 19.4. The van der Waals surface area contributed by atoms with E-state index in [0.717, 1.165) is 36.4 Å². The lowest BCUT2D eigenvalue weighted by molar-refractivity contribution is -0.149. The molecule has 0 aliphatic carbocycles. The molecule has 0 radical (unpaired) electrons. The fourth-order valence-corrected chi connectivity index (χ4v) is 8.70. The summed E-state index contributed by atoms with van der Waals surface area (Å²) < 4.78 is 278. The molecule has 0 spiro atoms. The van der Waals surface area contributed by atoms with Crippen LogP contribution in [0.3, 0.4) is 0 Å². The second-order valence-electron chi connectivity index (χ2n) is 21.1. The Morgan fingerprint density at radius 2 is 0.606 bits per heavy atom. The first-order valence-corrected chi connectivity index (χ1v) is 27.7. The van der Waals surface area contributed by atoms with Crippen LogP contribution in [0.5, 0.6) is 0 Å². The number of alkyl halides is 18. The molecule has 0 saturated heterocycles. The smallest absolute Gasteiger partial charge is 0.382 e. The van der Waals surface area contributed by atoms with Crippen LogP contribution >= 0.6 is 0 Å². The van der Waals surface area contributed by atoms with Crippen molar-refractivity contribution < 1.29 is 107 Å². The van der Waals surface area contributed by atoms with Gasteiger partial charge in [-0.3, -0.25) is 19.4 Å². The normalized spacial score (nSPS) is 13.0. The molecule has 0 saturated carbocycles. The van der Waals surface area contributed by atoms with Crippen molar-refractivity contribution in [3.05, 3.63) is 197 Å². The number of nitrogen functional groups attached to an aromatic ring is 3. The van der Waals surface area contributed by atoms with E-state index in [1.165, 1.54) is 73.6 Å². The summed E-state index contributed by atoms with van der Waals surface area (Å²) in [5, 5.41) is 4.88. The maximum Gasteiger partial charge on any atom is 0.416 e. The number of hydrogen-bond donors (Lipinski definition) is 6. The van der Waals surface area contributed by atoms with Crippen molar-refractivity contribution >= 4 is 35.4 Å². The third-order valence-electron chi connectivity index (χ3n) is 14.0. The molecule has 522 valence electrons. The zero-order valence-electron chi connectivity index (χ0n) is 50.2. The van der Waals surface area contributed by atoms with Gasteiger partial charge in [-0.1, -0.05) is 48.5 Å². The molecule has 3 heterocycles. The number of anilines is 3. The number of amides is 3. The second kappa shape index (κ2) is 29.3. The number of nitrogens with zero attached hydrogens (tertiary/aromatic N) is 6. The van der Waals surface area contributed by atoms with Crippen molar-refractivity contribution in [3.8, 4) is 66.9 Å². The zero-order valence-corrected chi connectivity index (χ0v) is 50.2. The van der Waals surface area contributed by atoms with Gasteiger partial charge < -0.3 is 33.2 Å². The number of rotatable bonds is 12. The number of carbonyl (C=O) groups is 3. The molecule has 0 unspecified atom stereocenters. The van der Waals surface area contributed by atoms with Gasteiger partial charge in [0, 0.05) is 69.3 Å². The fraction of sp³-hybridized carbons (Fsp3) is 0.190. The van der Waals surface area contributed by atoms with Crippen LogP contribution in [0, 0.1) is 17.5 Å². The Balaban J connectivity index is 0.000000209. The van der Waals surface area contributed by atoms with Gasteiger partial charge in [0.05, 0.1) is 34.8 Å². The number of aromatic nitrogens is 6. The van der Waals surface area contributed by atoms with Gasteiger partial charge in [-0.05, 0) is 115 Å². The quantitative estimate of drug-likeness (QED) is 0.0626. The van der Waals surface area contributed by atoms with Gasteiger partial charge in [-0.2, -0.15) is 79.0 Å². The molecule has 15 nitrogen and oxygen atoms in total. The fourth-order valence-electron chi connectivity index (χ4n) is 8.70. The Hall–Kier alpha value is -11.1. The van der Waals surface area contributed by atoms with Crippen LogP contribution in [0.25, 0.3) is 66.9 Å². The van der Waals surface area contributed by atoms with Crippen LogP contribution in [0.2, 0.25) is 0 Å².